The summed E-state index contributed by atoms with van der Waals surface area (Å²) in [6.07, 6.45) is -1.99. The van der Waals surface area contributed by atoms with Crippen LogP contribution in [0, 0.1) is 0 Å². The van der Waals surface area contributed by atoms with Gasteiger partial charge in [0.25, 0.3) is 22.0 Å². The largest absolute Gasteiger partial charge is 0.313 e. The van der Waals surface area contributed by atoms with Gasteiger partial charge in [-0.05, 0) is 19.1 Å². The molecule has 0 aliphatic rings. The molecule has 0 rings (SSSR count). The van der Waals surface area contributed by atoms with Crippen LogP contribution in [0.25, 0.3) is 0 Å². The molecule has 0 aromatic carbocycles. The van der Waals surface area contributed by atoms with Gasteiger partial charge < -0.3 is 3.87 Å². The van der Waals surface area contributed by atoms with E-state index in [9.17, 15) is 21.6 Å². The summed E-state index contributed by atoms with van der Waals surface area (Å²) in [5.41, 5.74) is -3.25. The minimum atomic E-state index is -4.80. The lowest BCUT2D eigenvalue weighted by atomic mass is 10.4. The van der Waals surface area contributed by atoms with Crippen LogP contribution < -0.4 is 0 Å². The maximum absolute atomic E-state index is 12.7. The van der Waals surface area contributed by atoms with Crippen molar-refractivity contribution < 1.29 is 25.5 Å². The van der Waals surface area contributed by atoms with E-state index in [2.05, 4.69) is 3.87 Å². The minimum Gasteiger partial charge on any atom is -0.313 e. The molecule has 0 aromatic rings. The zero-order valence-corrected chi connectivity index (χ0v) is 11.4. The van der Waals surface area contributed by atoms with E-state index in [1.807, 2.05) is 6.92 Å². The van der Waals surface area contributed by atoms with Crippen LogP contribution in [0.4, 0.5) is 13.2 Å². The Balaban J connectivity index is 4.58. The molecule has 0 fully saturated rings. The Morgan fingerprint density at radius 3 is 2.12 bits per heavy atom. The smallest absolute Gasteiger partial charge is 0.296 e. The highest BCUT2D eigenvalue weighted by atomic mass is 32.2. The molecule has 0 amide bonds. The first-order valence-electron chi connectivity index (χ1n) is 4.99. The maximum Gasteiger partial charge on any atom is 0.296 e. The summed E-state index contributed by atoms with van der Waals surface area (Å²) < 4.78 is 63.4. The average Bonchev–Trinajstić information content (AvgIpc) is 2.11. The van der Waals surface area contributed by atoms with Gasteiger partial charge in [0.2, 0.25) is 8.32 Å². The SMILES string of the molecule is CCCC[Si](C)(C)OS(=O)(=O)C(F)C(F)F. The topological polar surface area (TPSA) is 43.4 Å². The summed E-state index contributed by atoms with van der Waals surface area (Å²) in [6.45, 7) is 5.05. The fourth-order valence-corrected chi connectivity index (χ4v) is 5.80. The number of rotatable bonds is 7. The molecule has 0 spiro atoms. The third-order valence-corrected chi connectivity index (χ3v) is 7.00. The van der Waals surface area contributed by atoms with E-state index in [0.717, 1.165) is 12.8 Å². The van der Waals surface area contributed by atoms with Gasteiger partial charge in [0, 0.05) is 0 Å². The molecule has 16 heavy (non-hydrogen) atoms. The zero-order chi connectivity index (χ0) is 13.0. The highest BCUT2D eigenvalue weighted by molar-refractivity contribution is 7.88. The van der Waals surface area contributed by atoms with Crippen LogP contribution in [0.5, 0.6) is 0 Å². The quantitative estimate of drug-likeness (QED) is 0.673. The fraction of sp³-hybridized carbons (Fsp3) is 1.00. The van der Waals surface area contributed by atoms with Crippen molar-refractivity contribution >= 4 is 18.4 Å². The Morgan fingerprint density at radius 2 is 1.75 bits per heavy atom. The molecule has 0 aromatic heterocycles. The van der Waals surface area contributed by atoms with Gasteiger partial charge in [-0.2, -0.15) is 8.42 Å². The first-order valence-corrected chi connectivity index (χ1v) is 9.58. The Labute approximate surface area is 95.2 Å². The molecule has 0 heterocycles. The summed E-state index contributed by atoms with van der Waals surface area (Å²) in [4.78, 5) is 0. The normalized spacial score (nSPS) is 15.4. The summed E-state index contributed by atoms with van der Waals surface area (Å²) in [5.74, 6) is 0. The van der Waals surface area contributed by atoms with Crippen LogP contribution in [0.2, 0.25) is 19.1 Å². The van der Waals surface area contributed by atoms with Crippen LogP contribution in [-0.4, -0.2) is 28.7 Å². The molecular weight excluding hydrogens is 261 g/mol. The van der Waals surface area contributed by atoms with E-state index in [1.165, 1.54) is 0 Å². The van der Waals surface area contributed by atoms with Crippen LogP contribution >= 0.6 is 0 Å². The van der Waals surface area contributed by atoms with E-state index in [-0.39, 0.29) is 0 Å². The van der Waals surface area contributed by atoms with E-state index >= 15 is 0 Å². The van der Waals surface area contributed by atoms with Crippen LogP contribution in [-0.2, 0) is 14.0 Å². The van der Waals surface area contributed by atoms with Gasteiger partial charge in [-0.3, -0.25) is 0 Å². The van der Waals surface area contributed by atoms with Crippen LogP contribution in [0.15, 0.2) is 0 Å². The first-order chi connectivity index (χ1) is 7.12. The minimum absolute atomic E-state index is 0.499. The average molecular weight is 278 g/mol. The number of unbranched alkanes of at least 4 members (excludes halogenated alkanes) is 1. The van der Waals surface area contributed by atoms with Crippen molar-refractivity contribution in [2.45, 2.75) is 50.8 Å². The molecule has 98 valence electrons. The summed E-state index contributed by atoms with van der Waals surface area (Å²) in [5, 5.41) is 0. The highest BCUT2D eigenvalue weighted by Gasteiger charge is 2.39. The Morgan fingerprint density at radius 1 is 1.25 bits per heavy atom. The number of halogens is 3. The second kappa shape index (κ2) is 6.01. The second-order valence-electron chi connectivity index (χ2n) is 4.12. The predicted molar refractivity (Wildman–Crippen MR) is 58.1 cm³/mol. The summed E-state index contributed by atoms with van der Waals surface area (Å²) in [7, 11) is -7.43. The molecule has 0 bridgehead atoms. The van der Waals surface area contributed by atoms with Crippen LogP contribution in [0.1, 0.15) is 19.8 Å². The lowest BCUT2D eigenvalue weighted by molar-refractivity contribution is 0.0863. The predicted octanol–water partition coefficient (Wildman–Crippen LogP) is 2.90. The lowest BCUT2D eigenvalue weighted by Crippen LogP contribution is -2.38. The first kappa shape index (κ1) is 15.9. The lowest BCUT2D eigenvalue weighted by Gasteiger charge is -2.22. The molecule has 0 saturated heterocycles. The number of alkyl halides is 3. The van der Waals surface area contributed by atoms with Gasteiger partial charge >= 0.3 is 0 Å². The molecule has 0 aliphatic heterocycles. The van der Waals surface area contributed by atoms with Crippen molar-refractivity contribution in [2.24, 2.45) is 0 Å². The second-order valence-corrected chi connectivity index (χ2v) is 10.2. The van der Waals surface area contributed by atoms with E-state index in [4.69, 9.17) is 0 Å². The van der Waals surface area contributed by atoms with E-state index in [1.54, 1.807) is 13.1 Å². The molecule has 1 atom stereocenters. The zero-order valence-electron chi connectivity index (χ0n) is 9.54. The van der Waals surface area contributed by atoms with Gasteiger partial charge in [-0.15, -0.1) is 0 Å². The Kier molecular flexibility index (Phi) is 5.98. The van der Waals surface area contributed by atoms with Crippen molar-refractivity contribution in [3.63, 3.8) is 0 Å². The van der Waals surface area contributed by atoms with Gasteiger partial charge in [0.05, 0.1) is 0 Å². The third kappa shape index (κ3) is 5.31. The standard InChI is InChI=1S/C8H17F3O3SSi/c1-4-5-6-16(2,3)14-15(12,13)8(11)7(9)10/h7-8H,4-6H2,1-3H3. The Bertz CT molecular complexity index is 306. The monoisotopic (exact) mass is 278 g/mol. The summed E-state index contributed by atoms with van der Waals surface area (Å²) in [6, 6.07) is 0.499. The fourth-order valence-electron chi connectivity index (χ4n) is 1.13. The van der Waals surface area contributed by atoms with Gasteiger partial charge in [0.1, 0.15) is 0 Å². The molecule has 8 heteroatoms. The van der Waals surface area contributed by atoms with Crippen molar-refractivity contribution in [1.29, 1.82) is 0 Å². The van der Waals surface area contributed by atoms with E-state index < -0.39 is 30.4 Å². The van der Waals surface area contributed by atoms with Gasteiger partial charge in [-0.25, -0.2) is 13.2 Å². The van der Waals surface area contributed by atoms with Crippen molar-refractivity contribution in [3.05, 3.63) is 0 Å². The molecule has 0 N–H and O–H groups in total. The van der Waals surface area contributed by atoms with Crippen molar-refractivity contribution in [3.8, 4) is 0 Å². The van der Waals surface area contributed by atoms with Gasteiger partial charge in [-0.1, -0.05) is 19.8 Å². The number of hydrogen-bond acceptors (Lipinski definition) is 3. The van der Waals surface area contributed by atoms with Crippen molar-refractivity contribution in [2.75, 3.05) is 0 Å². The maximum atomic E-state index is 12.7. The molecule has 0 aliphatic carbocycles. The highest BCUT2D eigenvalue weighted by Crippen LogP contribution is 2.23. The summed E-state index contributed by atoms with van der Waals surface area (Å²) >= 11 is 0. The Hall–Kier alpha value is -0.0831. The molecule has 0 radical (unpaired) electrons. The van der Waals surface area contributed by atoms with Crippen LogP contribution in [0.3, 0.4) is 0 Å². The molecule has 0 saturated carbocycles. The molecular formula is C8H17F3O3SSi. The number of hydrogen-bond donors (Lipinski definition) is 0. The van der Waals surface area contributed by atoms with Gasteiger partial charge in [0.15, 0.2) is 0 Å². The van der Waals surface area contributed by atoms with Crippen molar-refractivity contribution in [1.82, 2.24) is 0 Å². The van der Waals surface area contributed by atoms with E-state index in [0.29, 0.717) is 6.04 Å². The molecule has 3 nitrogen and oxygen atoms in total. The molecule has 1 unspecified atom stereocenters. The third-order valence-electron chi connectivity index (χ3n) is 1.95.